The number of anilines is 1. The van der Waals surface area contributed by atoms with Gasteiger partial charge in [-0.25, -0.2) is 8.78 Å². The second-order valence-corrected chi connectivity index (χ2v) is 7.48. The Kier molecular flexibility index (Phi) is 7.23. The molecule has 2 aromatic rings. The molecule has 0 atom stereocenters. The van der Waals surface area contributed by atoms with Crippen molar-refractivity contribution < 1.29 is 13.5 Å². The fourth-order valence-electron chi connectivity index (χ4n) is 3.43. The molecule has 164 valence electrons. The first-order valence-corrected chi connectivity index (χ1v) is 10.1. The predicted molar refractivity (Wildman–Crippen MR) is 120 cm³/mol. The highest BCUT2D eigenvalue weighted by Crippen LogP contribution is 2.28. The fourth-order valence-corrected chi connectivity index (χ4v) is 3.43. The third-order valence-corrected chi connectivity index (χ3v) is 5.13. The summed E-state index contributed by atoms with van der Waals surface area (Å²) in [6, 6.07) is 9.67. The number of halogens is 2. The van der Waals surface area contributed by atoms with Gasteiger partial charge < -0.3 is 20.7 Å². The highest BCUT2D eigenvalue weighted by molar-refractivity contribution is 5.95. The van der Waals surface area contributed by atoms with E-state index < -0.39 is 11.6 Å². The molecule has 2 aromatic carbocycles. The number of nitrogen functional groups attached to an aromatic ring is 1. The molecule has 1 saturated heterocycles. The van der Waals surface area contributed by atoms with E-state index in [-0.39, 0.29) is 17.7 Å². The van der Waals surface area contributed by atoms with Gasteiger partial charge >= 0.3 is 0 Å². The normalized spacial score (nSPS) is 14.6. The minimum absolute atomic E-state index is 0.00276. The quantitative estimate of drug-likeness (QED) is 0.393. The molecule has 0 radical (unpaired) electrons. The van der Waals surface area contributed by atoms with Gasteiger partial charge in [0.2, 0.25) is 0 Å². The topological polar surface area (TPSA) is 98.2 Å². The molecule has 8 heteroatoms. The summed E-state index contributed by atoms with van der Waals surface area (Å²) >= 11 is 0. The first kappa shape index (κ1) is 22.3. The Labute approximate surface area is 180 Å². The van der Waals surface area contributed by atoms with Crippen LogP contribution in [0.3, 0.4) is 0 Å². The lowest BCUT2D eigenvalue weighted by molar-refractivity contribution is 0.120. The van der Waals surface area contributed by atoms with Crippen molar-refractivity contribution in [3.63, 3.8) is 0 Å². The Morgan fingerprint density at radius 2 is 1.87 bits per heavy atom. The summed E-state index contributed by atoms with van der Waals surface area (Å²) in [6.45, 7) is 3.38. The van der Waals surface area contributed by atoms with Crippen molar-refractivity contribution in [3.05, 3.63) is 65.2 Å². The van der Waals surface area contributed by atoms with Crippen molar-refractivity contribution in [1.29, 1.82) is 10.8 Å². The number of amidine groups is 2. The average Bonchev–Trinajstić information content (AvgIpc) is 2.74. The molecule has 5 N–H and O–H groups in total. The second kappa shape index (κ2) is 10.1. The third-order valence-electron chi connectivity index (χ3n) is 5.13. The van der Waals surface area contributed by atoms with Crippen molar-refractivity contribution in [3.8, 4) is 5.75 Å². The van der Waals surface area contributed by atoms with Gasteiger partial charge in [0.1, 0.15) is 11.9 Å². The summed E-state index contributed by atoms with van der Waals surface area (Å²) < 4.78 is 34.5. The van der Waals surface area contributed by atoms with Crippen LogP contribution in [-0.4, -0.2) is 42.3 Å². The van der Waals surface area contributed by atoms with E-state index >= 15 is 0 Å². The lowest BCUT2D eigenvalue weighted by Crippen LogP contribution is -2.40. The van der Waals surface area contributed by atoms with Crippen molar-refractivity contribution in [1.82, 2.24) is 4.90 Å². The first-order valence-electron chi connectivity index (χ1n) is 10.1. The lowest BCUT2D eigenvalue weighted by atomic mass is 10.1. The van der Waals surface area contributed by atoms with E-state index in [0.717, 1.165) is 5.56 Å². The van der Waals surface area contributed by atoms with Crippen LogP contribution in [-0.2, 0) is 0 Å². The van der Waals surface area contributed by atoms with Gasteiger partial charge in [-0.15, -0.1) is 0 Å². The molecule has 0 amide bonds. The predicted octanol–water partition coefficient (Wildman–Crippen LogP) is 4.21. The Bertz CT molecular complexity index is 961. The molecule has 0 bridgehead atoms. The Morgan fingerprint density at radius 3 is 2.48 bits per heavy atom. The zero-order chi connectivity index (χ0) is 22.4. The highest BCUT2D eigenvalue weighted by atomic mass is 19.1. The zero-order valence-electron chi connectivity index (χ0n) is 17.4. The molecule has 3 rings (SSSR count). The minimum Gasteiger partial charge on any atom is -0.484 e. The van der Waals surface area contributed by atoms with Crippen LogP contribution >= 0.6 is 0 Å². The van der Waals surface area contributed by atoms with Gasteiger partial charge in [-0.3, -0.25) is 10.8 Å². The number of hydrogen-bond donors (Lipinski definition) is 4. The van der Waals surface area contributed by atoms with Gasteiger partial charge in [0.05, 0.1) is 5.84 Å². The van der Waals surface area contributed by atoms with Crippen LogP contribution in [0.15, 0.2) is 42.5 Å². The van der Waals surface area contributed by atoms with Crippen molar-refractivity contribution in [2.75, 3.05) is 25.0 Å². The molecular formula is C23H27F2N5O. The molecule has 1 heterocycles. The molecule has 31 heavy (non-hydrogen) atoms. The van der Waals surface area contributed by atoms with Gasteiger partial charge in [-0.05, 0) is 18.6 Å². The van der Waals surface area contributed by atoms with Gasteiger partial charge in [0, 0.05) is 55.9 Å². The molecule has 0 aromatic heterocycles. The van der Waals surface area contributed by atoms with E-state index in [9.17, 15) is 8.78 Å². The van der Waals surface area contributed by atoms with E-state index in [1.165, 1.54) is 12.1 Å². The van der Waals surface area contributed by atoms with E-state index in [2.05, 4.69) is 5.32 Å². The summed E-state index contributed by atoms with van der Waals surface area (Å²) in [5.74, 6) is -1.35. The Hall–Kier alpha value is -3.42. The van der Waals surface area contributed by atoms with Crippen LogP contribution in [0.2, 0.25) is 0 Å². The molecule has 1 aliphatic heterocycles. The molecule has 0 aliphatic carbocycles. The number of nitrogens with two attached hydrogens (primary N) is 1. The summed E-state index contributed by atoms with van der Waals surface area (Å²) in [7, 11) is 0. The molecular weight excluding hydrogens is 400 g/mol. The van der Waals surface area contributed by atoms with Crippen molar-refractivity contribution in [2.45, 2.75) is 25.9 Å². The van der Waals surface area contributed by atoms with E-state index in [0.29, 0.717) is 49.6 Å². The summed E-state index contributed by atoms with van der Waals surface area (Å²) in [5, 5.41) is 18.1. The van der Waals surface area contributed by atoms with Gasteiger partial charge in [-0.1, -0.05) is 30.4 Å². The van der Waals surface area contributed by atoms with Gasteiger partial charge in [0.25, 0.3) is 0 Å². The molecule has 0 spiro atoms. The number of nitrogens with zero attached hydrogens (tertiary/aromatic N) is 1. The first-order chi connectivity index (χ1) is 14.8. The smallest absolute Gasteiger partial charge is 0.191 e. The average molecular weight is 427 g/mol. The van der Waals surface area contributed by atoms with Crippen LogP contribution in [0, 0.1) is 22.5 Å². The van der Waals surface area contributed by atoms with Crippen LogP contribution < -0.4 is 15.8 Å². The maximum Gasteiger partial charge on any atom is 0.191 e. The summed E-state index contributed by atoms with van der Waals surface area (Å²) in [5.41, 5.74) is 7.31. The SMILES string of the molecule is CC(=N)N1CCC(Oc2c(F)cc(NCC=Cc3cccc(C(=N)N)c3)cc2F)CC1. The minimum atomic E-state index is -0.744. The van der Waals surface area contributed by atoms with Gasteiger partial charge in [-0.2, -0.15) is 0 Å². The number of benzene rings is 2. The van der Waals surface area contributed by atoms with Crippen LogP contribution in [0.1, 0.15) is 30.9 Å². The summed E-state index contributed by atoms with van der Waals surface area (Å²) in [6.07, 6.45) is 4.62. The number of rotatable bonds is 7. The third kappa shape index (κ3) is 6.04. The van der Waals surface area contributed by atoms with Crippen LogP contribution in [0.5, 0.6) is 5.75 Å². The Balaban J connectivity index is 1.56. The largest absolute Gasteiger partial charge is 0.484 e. The number of likely N-dealkylation sites (tertiary alicyclic amines) is 1. The lowest BCUT2D eigenvalue weighted by Gasteiger charge is -2.32. The fraction of sp³-hybridized carbons (Fsp3) is 0.304. The summed E-state index contributed by atoms with van der Waals surface area (Å²) in [4.78, 5) is 1.92. The molecule has 1 fully saturated rings. The van der Waals surface area contributed by atoms with Crippen molar-refractivity contribution in [2.24, 2.45) is 5.73 Å². The molecule has 0 unspecified atom stereocenters. The monoisotopic (exact) mass is 427 g/mol. The van der Waals surface area contributed by atoms with Crippen LogP contribution in [0.4, 0.5) is 14.5 Å². The molecule has 1 aliphatic rings. The van der Waals surface area contributed by atoms with Gasteiger partial charge in [0.15, 0.2) is 17.4 Å². The maximum atomic E-state index is 14.5. The van der Waals surface area contributed by atoms with E-state index in [1.807, 2.05) is 29.2 Å². The molecule has 6 nitrogen and oxygen atoms in total. The number of ether oxygens (including phenoxy) is 1. The Morgan fingerprint density at radius 1 is 1.19 bits per heavy atom. The second-order valence-electron chi connectivity index (χ2n) is 7.48. The number of hydrogen-bond acceptors (Lipinski definition) is 4. The molecule has 0 saturated carbocycles. The van der Waals surface area contributed by atoms with E-state index in [4.69, 9.17) is 21.3 Å². The highest BCUT2D eigenvalue weighted by Gasteiger charge is 2.23. The van der Waals surface area contributed by atoms with Crippen molar-refractivity contribution >= 4 is 23.4 Å². The zero-order valence-corrected chi connectivity index (χ0v) is 17.4. The van der Waals surface area contributed by atoms with E-state index in [1.54, 1.807) is 19.1 Å². The number of nitrogens with one attached hydrogen (secondary N) is 3. The van der Waals surface area contributed by atoms with Crippen LogP contribution in [0.25, 0.3) is 6.08 Å². The maximum absolute atomic E-state index is 14.5. The number of piperidine rings is 1. The standard InChI is InChI=1S/C23H27F2N5O/c1-15(26)30-10-7-19(8-11-30)31-22-20(24)13-18(14-21(22)25)29-9-3-5-16-4-2-6-17(12-16)23(27)28/h2-6,12-14,19,26,29H,7-11H2,1H3,(H3,27,28).